The van der Waals surface area contributed by atoms with Crippen molar-refractivity contribution in [3.63, 3.8) is 0 Å². The lowest BCUT2D eigenvalue weighted by Gasteiger charge is -3.09. The van der Waals surface area contributed by atoms with Crippen LogP contribution in [0.15, 0.2) is 0 Å². The molecule has 0 nitrogen and oxygen atoms in total. The van der Waals surface area contributed by atoms with E-state index < -0.39 is 0 Å². The fourth-order valence-electron chi connectivity index (χ4n) is 5.26. The van der Waals surface area contributed by atoms with Gasteiger partial charge >= 0.3 is 0 Å². The fraction of sp³-hybridized carbons (Fsp3) is 1.00. The zero-order chi connectivity index (χ0) is 6.46. The third-order valence-corrected chi connectivity index (χ3v) is 8.56. The van der Waals surface area contributed by atoms with Gasteiger partial charge in [0.2, 0.25) is 0 Å². The lowest BCUT2D eigenvalue weighted by Crippen LogP contribution is -3.12. The molecule has 0 aromatic heterocycles. The number of rotatable bonds is 0. The summed E-state index contributed by atoms with van der Waals surface area (Å²) in [5.41, 5.74) is 0. The molecule has 0 aromatic carbocycles. The quantitative estimate of drug-likeness (QED) is 0.586. The Balaban J connectivity index is 1.87. The number of alkyl halides is 2. The average molecular weight is 262 g/mol. The summed E-state index contributed by atoms with van der Waals surface area (Å²) in [5, 5.41) is 0. The van der Waals surface area contributed by atoms with Crippen LogP contribution in [-0.4, -0.2) is 8.65 Å². The van der Waals surface area contributed by atoms with Crippen molar-refractivity contribution >= 4 is 31.9 Å². The van der Waals surface area contributed by atoms with Crippen molar-refractivity contribution in [1.29, 1.82) is 0 Å². The van der Waals surface area contributed by atoms with Crippen molar-refractivity contribution in [2.75, 3.05) is 0 Å². The molecule has 10 heavy (non-hydrogen) atoms. The van der Waals surface area contributed by atoms with Gasteiger partial charge in [-0.05, 0) is 35.5 Å². The van der Waals surface area contributed by atoms with Crippen LogP contribution in [0.4, 0.5) is 0 Å². The van der Waals surface area contributed by atoms with Crippen molar-refractivity contribution in [1.82, 2.24) is 0 Å². The van der Waals surface area contributed by atoms with Gasteiger partial charge < -0.3 is 0 Å². The number of hydrogen-bond acceptors (Lipinski definition) is 0. The molecule has 6 aliphatic carbocycles. The summed E-state index contributed by atoms with van der Waals surface area (Å²) < 4.78 is 1.45. The first-order chi connectivity index (χ1) is 4.73. The molecule has 0 aromatic rings. The lowest BCUT2D eigenvalue weighted by atomic mass is 9.01. The van der Waals surface area contributed by atoms with Gasteiger partial charge in [0.05, 0.1) is 0 Å². The van der Waals surface area contributed by atoms with Crippen molar-refractivity contribution in [3.05, 3.63) is 0 Å². The Kier molecular flexibility index (Phi) is 0.405. The van der Waals surface area contributed by atoms with E-state index in [1.165, 1.54) is 0 Å². The minimum atomic E-state index is 0.725. The molecule has 2 heteroatoms. The molecule has 0 spiro atoms. The van der Waals surface area contributed by atoms with Crippen LogP contribution < -0.4 is 0 Å². The highest BCUT2D eigenvalue weighted by atomic mass is 79.9. The van der Waals surface area contributed by atoms with Gasteiger partial charge in [-0.3, -0.25) is 0 Å². The molecule has 6 aliphatic rings. The van der Waals surface area contributed by atoms with Crippen molar-refractivity contribution in [2.24, 2.45) is 35.5 Å². The molecule has 6 saturated carbocycles. The molecule has 0 bridgehead atoms. The third-order valence-electron chi connectivity index (χ3n) is 5.39. The number of halogens is 2. The topological polar surface area (TPSA) is 0 Å². The maximum atomic E-state index is 3.92. The molecule has 0 N–H and O–H groups in total. The third kappa shape index (κ3) is 0.153. The van der Waals surface area contributed by atoms with Crippen LogP contribution in [0.3, 0.4) is 0 Å². The molecular weight excluding hydrogens is 256 g/mol. The molecule has 0 amide bonds. The molecule has 0 heterocycles. The summed E-state index contributed by atoms with van der Waals surface area (Å²) in [7, 11) is 0. The first-order valence-electron chi connectivity index (χ1n) is 4.11. The van der Waals surface area contributed by atoms with Gasteiger partial charge in [-0.1, -0.05) is 31.9 Å². The summed E-state index contributed by atoms with van der Waals surface area (Å²) in [4.78, 5) is 0. The van der Waals surface area contributed by atoms with Gasteiger partial charge in [-0.2, -0.15) is 0 Å². The van der Waals surface area contributed by atoms with Crippen LogP contribution in [0.25, 0.3) is 0 Å². The van der Waals surface area contributed by atoms with Crippen molar-refractivity contribution in [2.45, 2.75) is 8.65 Å². The largest absolute Gasteiger partial charge is 0.0844 e. The predicted molar refractivity (Wildman–Crippen MR) is 44.3 cm³/mol. The van der Waals surface area contributed by atoms with E-state index >= 15 is 0 Å². The van der Waals surface area contributed by atoms with Gasteiger partial charge in [0.1, 0.15) is 0 Å². The first kappa shape index (κ1) is 4.86. The molecular formula is C8H6Br2. The second-order valence-electron chi connectivity index (χ2n) is 4.81. The maximum absolute atomic E-state index is 3.92. The van der Waals surface area contributed by atoms with E-state index in [4.69, 9.17) is 0 Å². The Morgan fingerprint density at radius 2 is 0.800 bits per heavy atom. The highest BCUT2D eigenvalue weighted by Gasteiger charge is 3.09. The fourth-order valence-corrected chi connectivity index (χ4v) is 8.68. The van der Waals surface area contributed by atoms with Gasteiger partial charge in [0, 0.05) is 8.65 Å². The Hall–Kier alpha value is 0.960. The van der Waals surface area contributed by atoms with Crippen LogP contribution >= 0.6 is 31.9 Å². The molecule has 52 valence electrons. The van der Waals surface area contributed by atoms with Crippen molar-refractivity contribution in [3.8, 4) is 0 Å². The van der Waals surface area contributed by atoms with E-state index in [0.29, 0.717) is 0 Å². The van der Waals surface area contributed by atoms with Crippen LogP contribution in [0.5, 0.6) is 0 Å². The molecule has 0 radical (unpaired) electrons. The Bertz CT molecular complexity index is 212. The lowest BCUT2D eigenvalue weighted by molar-refractivity contribution is -0.519. The molecule has 0 atom stereocenters. The van der Waals surface area contributed by atoms with E-state index in [1.54, 1.807) is 0 Å². The highest BCUT2D eigenvalue weighted by Crippen LogP contribution is 3.07. The zero-order valence-electron chi connectivity index (χ0n) is 5.22. The Morgan fingerprint density at radius 3 is 1.00 bits per heavy atom. The second kappa shape index (κ2) is 0.834. The van der Waals surface area contributed by atoms with Crippen LogP contribution in [-0.2, 0) is 0 Å². The SMILES string of the molecule is BrC12C3C4C1C1C2C3C41Br. The minimum absolute atomic E-state index is 0.725. The minimum Gasteiger partial charge on any atom is -0.0844 e. The van der Waals surface area contributed by atoms with E-state index in [2.05, 4.69) is 31.9 Å². The van der Waals surface area contributed by atoms with E-state index in [9.17, 15) is 0 Å². The molecule has 0 aliphatic heterocycles. The maximum Gasteiger partial charge on any atom is 0.0361 e. The van der Waals surface area contributed by atoms with Gasteiger partial charge in [-0.15, -0.1) is 0 Å². The van der Waals surface area contributed by atoms with Gasteiger partial charge in [0.25, 0.3) is 0 Å². The second-order valence-corrected chi connectivity index (χ2v) is 7.56. The van der Waals surface area contributed by atoms with Crippen molar-refractivity contribution < 1.29 is 0 Å². The molecule has 0 unspecified atom stereocenters. The standard InChI is InChI=1S/C8H6Br2/c9-7-1-2-4(7)6-5(7)3(1)8(2,6)10/h1-6H. The summed E-state index contributed by atoms with van der Waals surface area (Å²) >= 11 is 7.85. The van der Waals surface area contributed by atoms with E-state index in [0.717, 1.165) is 44.2 Å². The summed E-state index contributed by atoms with van der Waals surface area (Å²) in [5.74, 6) is 6.70. The predicted octanol–water partition coefficient (Wildman–Crippen LogP) is 2.02. The Labute approximate surface area is 76.0 Å². The van der Waals surface area contributed by atoms with Gasteiger partial charge in [0.15, 0.2) is 0 Å². The zero-order valence-corrected chi connectivity index (χ0v) is 8.39. The number of hydrogen-bond donors (Lipinski definition) is 0. The summed E-state index contributed by atoms with van der Waals surface area (Å²) in [6.07, 6.45) is 0. The monoisotopic (exact) mass is 260 g/mol. The molecule has 6 rings (SSSR count). The highest BCUT2D eigenvalue weighted by molar-refractivity contribution is 9.10. The first-order valence-corrected chi connectivity index (χ1v) is 5.70. The van der Waals surface area contributed by atoms with Crippen LogP contribution in [0, 0.1) is 35.5 Å². The van der Waals surface area contributed by atoms with Gasteiger partial charge in [-0.25, -0.2) is 0 Å². The Morgan fingerprint density at radius 1 is 0.600 bits per heavy atom. The summed E-state index contributed by atoms with van der Waals surface area (Å²) in [6, 6.07) is 0. The normalized spacial score (nSPS) is 104. The van der Waals surface area contributed by atoms with Crippen LogP contribution in [0.2, 0.25) is 0 Å². The smallest absolute Gasteiger partial charge is 0.0361 e. The van der Waals surface area contributed by atoms with E-state index in [-0.39, 0.29) is 0 Å². The summed E-state index contributed by atoms with van der Waals surface area (Å²) in [6.45, 7) is 0. The molecule has 6 fully saturated rings. The van der Waals surface area contributed by atoms with E-state index in [1.807, 2.05) is 0 Å². The molecule has 0 saturated heterocycles. The van der Waals surface area contributed by atoms with Crippen LogP contribution in [0.1, 0.15) is 0 Å². The average Bonchev–Trinajstić information content (AvgIpc) is 1.99.